The monoisotopic (exact) mass is 271 g/mol. The number of likely N-dealkylation sites (N-methyl/N-ethyl adjacent to an activating group) is 1. The largest absolute Gasteiger partial charge is 0.389 e. The molecule has 0 spiro atoms. The van der Waals surface area contributed by atoms with Gasteiger partial charge in [-0.15, -0.1) is 0 Å². The molecule has 1 aliphatic rings. The van der Waals surface area contributed by atoms with Gasteiger partial charge in [-0.3, -0.25) is 14.5 Å². The number of piperidine rings is 1. The Morgan fingerprint density at radius 1 is 1.47 bits per heavy atom. The summed E-state index contributed by atoms with van der Waals surface area (Å²) in [5, 5.41) is 9.70. The molecule has 19 heavy (non-hydrogen) atoms. The summed E-state index contributed by atoms with van der Waals surface area (Å²) in [6, 6.07) is 0. The summed E-state index contributed by atoms with van der Waals surface area (Å²) < 4.78 is 0. The second kappa shape index (κ2) is 6.34. The summed E-state index contributed by atoms with van der Waals surface area (Å²) in [6.07, 6.45) is 1.58. The molecular formula is C13H25N3O3. The van der Waals surface area contributed by atoms with Crippen molar-refractivity contribution in [1.29, 1.82) is 0 Å². The lowest BCUT2D eigenvalue weighted by atomic mass is 9.97. The van der Waals surface area contributed by atoms with Gasteiger partial charge in [-0.1, -0.05) is 0 Å². The minimum atomic E-state index is -0.827. The van der Waals surface area contributed by atoms with Crippen LogP contribution in [0, 0.1) is 5.92 Å². The first-order valence-electron chi connectivity index (χ1n) is 6.67. The molecule has 0 aliphatic carbocycles. The van der Waals surface area contributed by atoms with E-state index in [2.05, 4.69) is 0 Å². The molecule has 6 nitrogen and oxygen atoms in total. The standard InChI is InChI=1S/C13H25N3O3/c1-13(2,19)9-15(3)8-11(17)16-6-4-5-10(7-16)12(14)18/h10,19H,4-9H2,1-3H3,(H2,14,18). The molecule has 0 aromatic rings. The van der Waals surface area contributed by atoms with Crippen molar-refractivity contribution >= 4 is 11.8 Å². The third-order valence-electron chi connectivity index (χ3n) is 3.24. The minimum absolute atomic E-state index is 0.0160. The molecule has 2 amide bonds. The Morgan fingerprint density at radius 2 is 2.11 bits per heavy atom. The summed E-state index contributed by atoms with van der Waals surface area (Å²) >= 11 is 0. The summed E-state index contributed by atoms with van der Waals surface area (Å²) in [6.45, 7) is 5.18. The Morgan fingerprint density at radius 3 is 2.63 bits per heavy atom. The van der Waals surface area contributed by atoms with Gasteiger partial charge in [0.15, 0.2) is 0 Å². The summed E-state index contributed by atoms with van der Waals surface area (Å²) in [5.41, 5.74) is 4.47. The predicted octanol–water partition coefficient (Wildman–Crippen LogP) is -0.587. The smallest absolute Gasteiger partial charge is 0.236 e. The molecule has 1 saturated heterocycles. The van der Waals surface area contributed by atoms with Crippen LogP contribution in [0.1, 0.15) is 26.7 Å². The number of amides is 2. The third kappa shape index (κ3) is 5.57. The van der Waals surface area contributed by atoms with Crippen LogP contribution >= 0.6 is 0 Å². The van der Waals surface area contributed by atoms with E-state index in [4.69, 9.17) is 5.73 Å². The highest BCUT2D eigenvalue weighted by Gasteiger charge is 2.27. The molecule has 3 N–H and O–H groups in total. The van der Waals surface area contributed by atoms with E-state index in [1.165, 1.54) is 0 Å². The van der Waals surface area contributed by atoms with E-state index in [-0.39, 0.29) is 24.3 Å². The molecule has 0 bridgehead atoms. The second-order valence-corrected chi connectivity index (χ2v) is 6.07. The van der Waals surface area contributed by atoms with E-state index in [9.17, 15) is 14.7 Å². The molecule has 0 radical (unpaired) electrons. The number of hydrogen-bond donors (Lipinski definition) is 2. The highest BCUT2D eigenvalue weighted by molar-refractivity contribution is 5.81. The Balaban J connectivity index is 2.47. The minimum Gasteiger partial charge on any atom is -0.389 e. The SMILES string of the molecule is CN(CC(=O)N1CCCC(C(N)=O)C1)CC(C)(C)O. The molecule has 1 rings (SSSR count). The lowest BCUT2D eigenvalue weighted by Gasteiger charge is -2.33. The summed E-state index contributed by atoms with van der Waals surface area (Å²) in [7, 11) is 1.80. The van der Waals surface area contributed by atoms with Gasteiger partial charge in [0.1, 0.15) is 0 Å². The van der Waals surface area contributed by atoms with Crippen LogP contribution in [0.5, 0.6) is 0 Å². The molecule has 1 heterocycles. The summed E-state index contributed by atoms with van der Waals surface area (Å²) in [5.74, 6) is -0.572. The van der Waals surface area contributed by atoms with Crippen LogP contribution in [0.15, 0.2) is 0 Å². The maximum atomic E-state index is 12.1. The number of nitrogens with zero attached hydrogens (tertiary/aromatic N) is 2. The molecule has 1 fully saturated rings. The van der Waals surface area contributed by atoms with Gasteiger partial charge in [-0.25, -0.2) is 0 Å². The normalized spacial score (nSPS) is 20.7. The van der Waals surface area contributed by atoms with Crippen LogP contribution in [0.3, 0.4) is 0 Å². The molecule has 0 aromatic heterocycles. The Labute approximate surface area is 114 Å². The number of hydrogen-bond acceptors (Lipinski definition) is 4. The molecule has 6 heteroatoms. The predicted molar refractivity (Wildman–Crippen MR) is 72.3 cm³/mol. The summed E-state index contributed by atoms with van der Waals surface area (Å²) in [4.78, 5) is 26.8. The van der Waals surface area contributed by atoms with E-state index in [0.717, 1.165) is 12.8 Å². The molecule has 110 valence electrons. The number of nitrogens with two attached hydrogens (primary N) is 1. The average Bonchev–Trinajstić information content (AvgIpc) is 2.26. The number of carbonyl (C=O) groups is 2. The zero-order chi connectivity index (χ0) is 14.6. The van der Waals surface area contributed by atoms with Crippen molar-refractivity contribution in [2.45, 2.75) is 32.3 Å². The highest BCUT2D eigenvalue weighted by Crippen LogP contribution is 2.16. The highest BCUT2D eigenvalue weighted by atomic mass is 16.3. The molecule has 1 aliphatic heterocycles. The van der Waals surface area contributed by atoms with Crippen molar-refractivity contribution in [2.24, 2.45) is 11.7 Å². The lowest BCUT2D eigenvalue weighted by molar-refractivity contribution is -0.136. The fraction of sp³-hybridized carbons (Fsp3) is 0.846. The first-order valence-corrected chi connectivity index (χ1v) is 6.67. The number of likely N-dealkylation sites (tertiary alicyclic amines) is 1. The van der Waals surface area contributed by atoms with Gasteiger partial charge in [-0.2, -0.15) is 0 Å². The quantitative estimate of drug-likeness (QED) is 0.700. The molecule has 1 atom stereocenters. The number of rotatable bonds is 5. The topological polar surface area (TPSA) is 86.9 Å². The first-order chi connectivity index (χ1) is 8.69. The van der Waals surface area contributed by atoms with Gasteiger partial charge in [0, 0.05) is 19.6 Å². The van der Waals surface area contributed by atoms with Crippen molar-refractivity contribution in [3.63, 3.8) is 0 Å². The van der Waals surface area contributed by atoms with Gasteiger partial charge in [0.2, 0.25) is 11.8 Å². The van der Waals surface area contributed by atoms with Crippen LogP contribution in [0.2, 0.25) is 0 Å². The van der Waals surface area contributed by atoms with Gasteiger partial charge in [0.25, 0.3) is 0 Å². The first kappa shape index (κ1) is 15.9. The lowest BCUT2D eigenvalue weighted by Crippen LogP contribution is -2.48. The maximum Gasteiger partial charge on any atom is 0.236 e. The zero-order valence-electron chi connectivity index (χ0n) is 12.1. The fourth-order valence-electron chi connectivity index (χ4n) is 2.48. The van der Waals surface area contributed by atoms with Gasteiger partial charge >= 0.3 is 0 Å². The Kier molecular flexibility index (Phi) is 5.31. The van der Waals surface area contributed by atoms with Crippen molar-refractivity contribution in [3.8, 4) is 0 Å². The fourth-order valence-corrected chi connectivity index (χ4v) is 2.48. The van der Waals surface area contributed by atoms with Crippen molar-refractivity contribution < 1.29 is 14.7 Å². The van der Waals surface area contributed by atoms with Gasteiger partial charge in [-0.05, 0) is 33.7 Å². The van der Waals surface area contributed by atoms with Crippen LogP contribution in [-0.2, 0) is 9.59 Å². The van der Waals surface area contributed by atoms with E-state index in [1.54, 1.807) is 30.7 Å². The zero-order valence-corrected chi connectivity index (χ0v) is 12.1. The van der Waals surface area contributed by atoms with Gasteiger partial charge < -0.3 is 15.7 Å². The van der Waals surface area contributed by atoms with E-state index >= 15 is 0 Å². The molecule has 0 saturated carbocycles. The van der Waals surface area contributed by atoms with Crippen molar-refractivity contribution in [2.75, 3.05) is 33.2 Å². The molecular weight excluding hydrogens is 246 g/mol. The van der Waals surface area contributed by atoms with Crippen molar-refractivity contribution in [1.82, 2.24) is 9.80 Å². The maximum absolute atomic E-state index is 12.1. The third-order valence-corrected chi connectivity index (χ3v) is 3.24. The van der Waals surface area contributed by atoms with Gasteiger partial charge in [0.05, 0.1) is 18.1 Å². The number of carbonyl (C=O) groups excluding carboxylic acids is 2. The van der Waals surface area contributed by atoms with Crippen LogP contribution < -0.4 is 5.73 Å². The van der Waals surface area contributed by atoms with Crippen LogP contribution in [-0.4, -0.2) is 65.5 Å². The van der Waals surface area contributed by atoms with Crippen LogP contribution in [0.25, 0.3) is 0 Å². The number of primary amides is 1. The van der Waals surface area contributed by atoms with Crippen LogP contribution in [0.4, 0.5) is 0 Å². The van der Waals surface area contributed by atoms with E-state index in [1.807, 2.05) is 0 Å². The molecule has 0 aromatic carbocycles. The number of aliphatic hydroxyl groups is 1. The Hall–Kier alpha value is -1.14. The Bertz CT molecular complexity index is 339. The van der Waals surface area contributed by atoms with Crippen molar-refractivity contribution in [3.05, 3.63) is 0 Å². The van der Waals surface area contributed by atoms with E-state index in [0.29, 0.717) is 19.6 Å². The second-order valence-electron chi connectivity index (χ2n) is 6.07. The van der Waals surface area contributed by atoms with E-state index < -0.39 is 5.60 Å². The molecule has 1 unspecified atom stereocenters. The average molecular weight is 271 g/mol.